The Balaban J connectivity index is 2.42. The summed E-state index contributed by atoms with van der Waals surface area (Å²) in [6.45, 7) is 7.85. The van der Waals surface area contributed by atoms with Gasteiger partial charge >= 0.3 is 0 Å². The van der Waals surface area contributed by atoms with Crippen molar-refractivity contribution in [3.8, 4) is 0 Å². The van der Waals surface area contributed by atoms with Crippen molar-refractivity contribution >= 4 is 6.21 Å². The molecule has 1 aliphatic rings. The van der Waals surface area contributed by atoms with Crippen LogP contribution in [-0.2, 0) is 0 Å². The summed E-state index contributed by atoms with van der Waals surface area (Å²) < 4.78 is 0. The summed E-state index contributed by atoms with van der Waals surface area (Å²) in [7, 11) is 0. The standard InChI is InChI=1S/C18H37N3/c1-4-6-8-10-12-14-18(3,13-11-9-7-5-2)21-16-17(19)15-20-21/h15,17H,4-14,16,19H2,1-3H3. The van der Waals surface area contributed by atoms with Gasteiger partial charge in [-0.15, -0.1) is 0 Å². The molecule has 0 aromatic rings. The minimum Gasteiger partial charge on any atom is -0.322 e. The van der Waals surface area contributed by atoms with Crippen LogP contribution in [0.2, 0.25) is 0 Å². The van der Waals surface area contributed by atoms with Gasteiger partial charge in [-0.3, -0.25) is 5.01 Å². The molecular formula is C18H37N3. The molecule has 0 amide bonds. The van der Waals surface area contributed by atoms with Gasteiger partial charge in [-0.1, -0.05) is 71.6 Å². The van der Waals surface area contributed by atoms with Gasteiger partial charge in [-0.25, -0.2) is 0 Å². The van der Waals surface area contributed by atoms with Crippen molar-refractivity contribution in [3.05, 3.63) is 0 Å². The Hall–Kier alpha value is -0.570. The zero-order valence-electron chi connectivity index (χ0n) is 14.6. The number of rotatable bonds is 12. The summed E-state index contributed by atoms with van der Waals surface area (Å²) in [6.07, 6.45) is 16.5. The molecule has 0 bridgehead atoms. The first-order valence-electron chi connectivity index (χ1n) is 9.19. The lowest BCUT2D eigenvalue weighted by atomic mass is 9.87. The Kier molecular flexibility index (Phi) is 8.98. The van der Waals surface area contributed by atoms with E-state index < -0.39 is 0 Å². The summed E-state index contributed by atoms with van der Waals surface area (Å²) in [5, 5.41) is 6.87. The molecule has 2 unspecified atom stereocenters. The first-order valence-corrected chi connectivity index (χ1v) is 9.19. The minimum absolute atomic E-state index is 0.125. The number of hydrazone groups is 1. The summed E-state index contributed by atoms with van der Waals surface area (Å²) in [6, 6.07) is 0.125. The number of nitrogens with two attached hydrogens (primary N) is 1. The fourth-order valence-corrected chi connectivity index (χ4v) is 3.24. The van der Waals surface area contributed by atoms with E-state index in [0.717, 1.165) is 6.54 Å². The largest absolute Gasteiger partial charge is 0.322 e. The van der Waals surface area contributed by atoms with E-state index in [9.17, 15) is 0 Å². The number of hydrogen-bond donors (Lipinski definition) is 1. The van der Waals surface area contributed by atoms with Gasteiger partial charge in [0.15, 0.2) is 0 Å². The molecule has 0 spiro atoms. The van der Waals surface area contributed by atoms with E-state index in [2.05, 4.69) is 30.9 Å². The van der Waals surface area contributed by atoms with Crippen molar-refractivity contribution < 1.29 is 0 Å². The fraction of sp³-hybridized carbons (Fsp3) is 0.944. The Morgan fingerprint density at radius 3 is 2.00 bits per heavy atom. The van der Waals surface area contributed by atoms with Gasteiger partial charge in [-0.2, -0.15) is 5.10 Å². The molecule has 124 valence electrons. The lowest BCUT2D eigenvalue weighted by Crippen LogP contribution is -2.44. The molecular weight excluding hydrogens is 258 g/mol. The predicted octanol–water partition coefficient (Wildman–Crippen LogP) is 4.70. The Bertz CT molecular complexity index is 290. The molecule has 0 aromatic heterocycles. The predicted molar refractivity (Wildman–Crippen MR) is 93.7 cm³/mol. The minimum atomic E-state index is 0.125. The third kappa shape index (κ3) is 6.82. The molecule has 2 N–H and O–H groups in total. The maximum Gasteiger partial charge on any atom is 0.0612 e. The molecule has 1 rings (SSSR count). The highest BCUT2D eigenvalue weighted by atomic mass is 15.5. The van der Waals surface area contributed by atoms with Gasteiger partial charge < -0.3 is 5.73 Å². The summed E-state index contributed by atoms with van der Waals surface area (Å²) in [5.74, 6) is 0. The van der Waals surface area contributed by atoms with E-state index in [4.69, 9.17) is 5.73 Å². The van der Waals surface area contributed by atoms with Crippen LogP contribution in [0.3, 0.4) is 0 Å². The van der Waals surface area contributed by atoms with Crippen LogP contribution in [0.4, 0.5) is 0 Å². The number of unbranched alkanes of at least 4 members (excludes halogenated alkanes) is 7. The van der Waals surface area contributed by atoms with Gasteiger partial charge in [0.1, 0.15) is 0 Å². The molecule has 0 aromatic carbocycles. The molecule has 3 heteroatoms. The highest BCUT2D eigenvalue weighted by molar-refractivity contribution is 5.66. The SMILES string of the molecule is CCCCCCCC(C)(CCCCCC)N1CC(N)C=N1. The maximum absolute atomic E-state index is 6.00. The van der Waals surface area contributed by atoms with Crippen LogP contribution in [0.15, 0.2) is 5.10 Å². The van der Waals surface area contributed by atoms with Crippen molar-refractivity contribution in [3.63, 3.8) is 0 Å². The Labute approximate surface area is 132 Å². The Morgan fingerprint density at radius 2 is 1.52 bits per heavy atom. The van der Waals surface area contributed by atoms with Crippen LogP contribution >= 0.6 is 0 Å². The van der Waals surface area contributed by atoms with E-state index in [1.807, 2.05) is 6.21 Å². The Morgan fingerprint density at radius 1 is 1.00 bits per heavy atom. The van der Waals surface area contributed by atoms with E-state index >= 15 is 0 Å². The van der Waals surface area contributed by atoms with Gasteiger partial charge in [0.05, 0.1) is 18.1 Å². The summed E-state index contributed by atoms with van der Waals surface area (Å²) in [5.41, 5.74) is 6.21. The van der Waals surface area contributed by atoms with Crippen LogP contribution in [-0.4, -0.2) is 29.3 Å². The first-order chi connectivity index (χ1) is 10.1. The van der Waals surface area contributed by atoms with E-state index in [0.29, 0.717) is 0 Å². The highest BCUT2D eigenvalue weighted by Gasteiger charge is 2.33. The molecule has 0 fully saturated rings. The highest BCUT2D eigenvalue weighted by Crippen LogP contribution is 2.30. The molecule has 0 saturated heterocycles. The summed E-state index contributed by atoms with van der Waals surface area (Å²) >= 11 is 0. The third-order valence-electron chi connectivity index (χ3n) is 4.79. The molecule has 0 radical (unpaired) electrons. The molecule has 21 heavy (non-hydrogen) atoms. The average molecular weight is 296 g/mol. The maximum atomic E-state index is 6.00. The van der Waals surface area contributed by atoms with Crippen LogP contribution in [0.5, 0.6) is 0 Å². The number of hydrogen-bond acceptors (Lipinski definition) is 3. The zero-order chi connectivity index (χ0) is 15.6. The topological polar surface area (TPSA) is 41.6 Å². The molecule has 1 heterocycles. The molecule has 2 atom stereocenters. The van der Waals surface area contributed by atoms with Crippen molar-refractivity contribution in [2.75, 3.05) is 6.54 Å². The lowest BCUT2D eigenvalue weighted by Gasteiger charge is -2.38. The van der Waals surface area contributed by atoms with E-state index in [-0.39, 0.29) is 11.6 Å². The summed E-state index contributed by atoms with van der Waals surface area (Å²) in [4.78, 5) is 0. The second-order valence-electron chi connectivity index (χ2n) is 6.98. The second kappa shape index (κ2) is 10.2. The molecule has 1 aliphatic heterocycles. The smallest absolute Gasteiger partial charge is 0.0612 e. The van der Waals surface area contributed by atoms with E-state index in [1.54, 1.807) is 0 Å². The van der Waals surface area contributed by atoms with Crippen molar-refractivity contribution in [2.24, 2.45) is 10.8 Å². The second-order valence-corrected chi connectivity index (χ2v) is 6.98. The average Bonchev–Trinajstić information content (AvgIpc) is 2.91. The fourth-order valence-electron chi connectivity index (χ4n) is 3.24. The van der Waals surface area contributed by atoms with Crippen LogP contribution < -0.4 is 5.73 Å². The van der Waals surface area contributed by atoms with Gasteiger partial charge in [0.2, 0.25) is 0 Å². The van der Waals surface area contributed by atoms with E-state index in [1.165, 1.54) is 70.6 Å². The lowest BCUT2D eigenvalue weighted by molar-refractivity contribution is 0.0935. The van der Waals surface area contributed by atoms with Crippen LogP contribution in [0.1, 0.15) is 91.4 Å². The quantitative estimate of drug-likeness (QED) is 0.530. The van der Waals surface area contributed by atoms with Gasteiger partial charge in [-0.05, 0) is 19.8 Å². The molecule has 0 aliphatic carbocycles. The number of nitrogens with zero attached hydrogens (tertiary/aromatic N) is 2. The normalized spacial score (nSPS) is 21.0. The van der Waals surface area contributed by atoms with Gasteiger partial charge in [0, 0.05) is 6.21 Å². The third-order valence-corrected chi connectivity index (χ3v) is 4.79. The van der Waals surface area contributed by atoms with Crippen LogP contribution in [0.25, 0.3) is 0 Å². The van der Waals surface area contributed by atoms with Crippen molar-refractivity contribution in [2.45, 2.75) is 103 Å². The monoisotopic (exact) mass is 295 g/mol. The van der Waals surface area contributed by atoms with Crippen molar-refractivity contribution in [1.29, 1.82) is 0 Å². The van der Waals surface area contributed by atoms with Crippen molar-refractivity contribution in [1.82, 2.24) is 5.01 Å². The molecule has 0 saturated carbocycles. The molecule has 3 nitrogen and oxygen atoms in total. The van der Waals surface area contributed by atoms with Crippen LogP contribution in [0, 0.1) is 0 Å². The zero-order valence-corrected chi connectivity index (χ0v) is 14.6. The first kappa shape index (κ1) is 18.5. The van der Waals surface area contributed by atoms with Gasteiger partial charge in [0.25, 0.3) is 0 Å².